The molecule has 0 amide bonds. The first-order valence-electron chi connectivity index (χ1n) is 9.53. The highest BCUT2D eigenvalue weighted by Gasteiger charge is 2.90. The Hall–Kier alpha value is -0.440. The van der Waals surface area contributed by atoms with Gasteiger partial charge in [-0.25, -0.2) is 0 Å². The lowest BCUT2D eigenvalue weighted by atomic mass is 9.93. The zero-order valence-electron chi connectivity index (χ0n) is 16.7. The van der Waals surface area contributed by atoms with Crippen molar-refractivity contribution in [2.75, 3.05) is 0 Å². The van der Waals surface area contributed by atoms with Crippen molar-refractivity contribution in [2.24, 2.45) is 0 Å². The summed E-state index contributed by atoms with van der Waals surface area (Å²) < 4.78 is 169. The molecule has 14 heteroatoms. The van der Waals surface area contributed by atoms with E-state index in [0.29, 0.717) is 12.8 Å². The molecule has 0 N–H and O–H groups in total. The van der Waals surface area contributed by atoms with Crippen molar-refractivity contribution < 1.29 is 57.1 Å². The highest BCUT2D eigenvalue weighted by Crippen LogP contribution is 2.60. The summed E-state index contributed by atoms with van der Waals surface area (Å²) in [5, 5.41) is 0. The molecule has 0 aromatic carbocycles. The minimum absolute atomic E-state index is 0.156. The van der Waals surface area contributed by atoms with E-state index < -0.39 is 45.4 Å². The standard InChI is InChI=1S/C18H22F13I/c1-2-3-4-5-6-7-8-9-10-12(32)11-13(19,20)14(21,22)15(23,24)16(25,26)17(27,28)18(29,30)31/h11H,2-10H2,1H3/b12-11-. The Bertz CT molecular complexity index is 608. The van der Waals surface area contributed by atoms with Crippen LogP contribution in [0.5, 0.6) is 0 Å². The van der Waals surface area contributed by atoms with E-state index >= 15 is 0 Å². The van der Waals surface area contributed by atoms with Gasteiger partial charge in [-0.05, 0) is 39.0 Å². The van der Waals surface area contributed by atoms with Crippen molar-refractivity contribution in [2.45, 2.75) is 101 Å². The topological polar surface area (TPSA) is 0 Å². The molecule has 0 radical (unpaired) electrons. The number of unbranched alkanes of at least 4 members (excludes halogenated alkanes) is 7. The number of hydrogen-bond donors (Lipinski definition) is 0. The van der Waals surface area contributed by atoms with Crippen LogP contribution in [-0.2, 0) is 0 Å². The number of rotatable bonds is 14. The first-order chi connectivity index (χ1) is 14.2. The molecule has 0 nitrogen and oxygen atoms in total. The highest BCUT2D eigenvalue weighted by atomic mass is 127. The van der Waals surface area contributed by atoms with Crippen LogP contribution in [0.3, 0.4) is 0 Å². The molecule has 0 aliphatic rings. The largest absolute Gasteiger partial charge is 0.460 e. The third kappa shape index (κ3) is 6.80. The van der Waals surface area contributed by atoms with Crippen molar-refractivity contribution in [3.05, 3.63) is 9.66 Å². The lowest BCUT2D eigenvalue weighted by molar-refractivity contribution is -0.436. The summed E-state index contributed by atoms with van der Waals surface area (Å²) in [6.07, 6.45) is -2.51. The monoisotopic (exact) mass is 612 g/mol. The van der Waals surface area contributed by atoms with Crippen molar-refractivity contribution >= 4 is 22.6 Å². The minimum Gasteiger partial charge on any atom is -0.195 e. The fraction of sp³-hybridized carbons (Fsp3) is 0.889. The average Bonchev–Trinajstić information content (AvgIpc) is 2.61. The molecule has 0 aromatic rings. The molecule has 0 saturated heterocycles. The Kier molecular flexibility index (Phi) is 11.2. The quantitative estimate of drug-likeness (QED) is 0.104. The zero-order chi connectivity index (χ0) is 25.6. The predicted molar refractivity (Wildman–Crippen MR) is 100 cm³/mol. The van der Waals surface area contributed by atoms with Gasteiger partial charge in [0.05, 0.1) is 0 Å². The highest BCUT2D eigenvalue weighted by molar-refractivity contribution is 14.1. The van der Waals surface area contributed by atoms with Crippen LogP contribution in [0.15, 0.2) is 9.66 Å². The van der Waals surface area contributed by atoms with Gasteiger partial charge in [0, 0.05) is 6.08 Å². The third-order valence-electron chi connectivity index (χ3n) is 4.56. The van der Waals surface area contributed by atoms with Crippen molar-refractivity contribution in [1.29, 1.82) is 0 Å². The molecule has 0 unspecified atom stereocenters. The Balaban J connectivity index is 5.37. The second kappa shape index (κ2) is 11.3. The molecule has 0 atom stereocenters. The van der Waals surface area contributed by atoms with Gasteiger partial charge in [0.25, 0.3) is 0 Å². The van der Waals surface area contributed by atoms with Gasteiger partial charge in [0.1, 0.15) is 0 Å². The van der Waals surface area contributed by atoms with Crippen molar-refractivity contribution in [3.8, 4) is 0 Å². The Morgan fingerprint density at radius 1 is 0.562 bits per heavy atom. The Labute approximate surface area is 190 Å². The molecule has 0 saturated carbocycles. The van der Waals surface area contributed by atoms with Crippen LogP contribution in [0.4, 0.5) is 57.1 Å². The van der Waals surface area contributed by atoms with Crippen LogP contribution in [0.25, 0.3) is 0 Å². The van der Waals surface area contributed by atoms with E-state index in [1.54, 1.807) is 0 Å². The van der Waals surface area contributed by atoms with Gasteiger partial charge in [0.2, 0.25) is 0 Å². The summed E-state index contributed by atoms with van der Waals surface area (Å²) in [4.78, 5) is 0. The minimum atomic E-state index is -7.86. The van der Waals surface area contributed by atoms with Crippen LogP contribution in [-0.4, -0.2) is 35.8 Å². The first kappa shape index (κ1) is 31.6. The molecule has 0 spiro atoms. The normalized spacial score (nSPS) is 15.4. The van der Waals surface area contributed by atoms with Crippen LogP contribution >= 0.6 is 22.6 Å². The summed E-state index contributed by atoms with van der Waals surface area (Å²) in [7, 11) is 0. The van der Waals surface area contributed by atoms with E-state index in [0.717, 1.165) is 54.7 Å². The van der Waals surface area contributed by atoms with Gasteiger partial charge in [-0.15, -0.1) is 0 Å². The molecule has 192 valence electrons. The second-order valence-electron chi connectivity index (χ2n) is 7.23. The summed E-state index contributed by atoms with van der Waals surface area (Å²) in [5.74, 6) is -36.7. The average molecular weight is 612 g/mol. The van der Waals surface area contributed by atoms with Gasteiger partial charge in [-0.1, -0.05) is 51.9 Å². The van der Waals surface area contributed by atoms with Crippen LogP contribution in [0, 0.1) is 0 Å². The van der Waals surface area contributed by atoms with Gasteiger partial charge >= 0.3 is 35.8 Å². The lowest BCUT2D eigenvalue weighted by Crippen LogP contribution is -2.69. The molecule has 0 aromatic heterocycles. The summed E-state index contributed by atoms with van der Waals surface area (Å²) in [6, 6.07) is 0. The molecule has 0 bridgehead atoms. The van der Waals surface area contributed by atoms with Crippen LogP contribution in [0.2, 0.25) is 0 Å². The molecule has 0 rings (SSSR count). The van der Waals surface area contributed by atoms with E-state index in [1.165, 1.54) is 0 Å². The SMILES string of the molecule is CCCCCCCCCC/C(I)=C/C(F)(F)C(F)(F)C(F)(F)C(F)(F)C(F)(F)C(F)(F)F. The number of allylic oxidation sites excluding steroid dienone is 2. The van der Waals surface area contributed by atoms with E-state index in [9.17, 15) is 57.1 Å². The zero-order valence-corrected chi connectivity index (χ0v) is 18.9. The number of halogens is 14. The predicted octanol–water partition coefficient (Wildman–Crippen LogP) is 9.57. The first-order valence-corrected chi connectivity index (χ1v) is 10.6. The van der Waals surface area contributed by atoms with Crippen LogP contribution in [0.1, 0.15) is 64.7 Å². The van der Waals surface area contributed by atoms with E-state index in [2.05, 4.69) is 0 Å². The Morgan fingerprint density at radius 3 is 1.34 bits per heavy atom. The fourth-order valence-electron chi connectivity index (χ4n) is 2.57. The number of hydrogen-bond acceptors (Lipinski definition) is 0. The summed E-state index contributed by atoms with van der Waals surface area (Å²) in [6.45, 7) is 2.01. The molecule has 0 heterocycles. The lowest BCUT2D eigenvalue weighted by Gasteiger charge is -2.39. The van der Waals surface area contributed by atoms with Gasteiger partial charge < -0.3 is 0 Å². The summed E-state index contributed by atoms with van der Waals surface area (Å²) >= 11 is 1.05. The van der Waals surface area contributed by atoms with E-state index in [4.69, 9.17) is 0 Å². The third-order valence-corrected chi connectivity index (χ3v) is 5.42. The molecule has 0 aliphatic carbocycles. The van der Waals surface area contributed by atoms with E-state index in [-0.39, 0.29) is 12.8 Å². The maximum absolute atomic E-state index is 13.7. The maximum atomic E-state index is 13.7. The molecule has 0 fully saturated rings. The van der Waals surface area contributed by atoms with Crippen molar-refractivity contribution in [3.63, 3.8) is 0 Å². The molecular weight excluding hydrogens is 590 g/mol. The van der Waals surface area contributed by atoms with Crippen LogP contribution < -0.4 is 0 Å². The summed E-state index contributed by atoms with van der Waals surface area (Å²) in [5.41, 5.74) is 0. The van der Waals surface area contributed by atoms with E-state index in [1.807, 2.05) is 6.92 Å². The second-order valence-corrected chi connectivity index (χ2v) is 8.62. The Morgan fingerprint density at radius 2 is 0.938 bits per heavy atom. The molecular formula is C18H22F13I. The van der Waals surface area contributed by atoms with Gasteiger partial charge in [-0.3, -0.25) is 0 Å². The van der Waals surface area contributed by atoms with Crippen molar-refractivity contribution in [1.82, 2.24) is 0 Å². The van der Waals surface area contributed by atoms with Gasteiger partial charge in [0.15, 0.2) is 0 Å². The smallest absolute Gasteiger partial charge is 0.195 e. The molecule has 32 heavy (non-hydrogen) atoms. The molecule has 0 aliphatic heterocycles. The maximum Gasteiger partial charge on any atom is 0.460 e. The fourth-order valence-corrected chi connectivity index (χ4v) is 3.34. The number of alkyl halides is 13. The van der Waals surface area contributed by atoms with Gasteiger partial charge in [-0.2, -0.15) is 57.1 Å².